The fourth-order valence-corrected chi connectivity index (χ4v) is 1.29. The Labute approximate surface area is 113 Å². The van der Waals surface area contributed by atoms with E-state index < -0.39 is 47.5 Å². The molecule has 1 aromatic carbocycles. The Hall–Kier alpha value is -2.26. The Kier molecular flexibility index (Phi) is 4.49. The number of amides is 1. The predicted molar refractivity (Wildman–Crippen MR) is 55.9 cm³/mol. The number of esters is 1. The number of carbonyl (C=O) groups is 2. The third kappa shape index (κ3) is 4.65. The third-order valence-corrected chi connectivity index (χ3v) is 2.17. The number of benzene rings is 1. The van der Waals surface area contributed by atoms with Crippen molar-refractivity contribution in [3.05, 3.63) is 34.9 Å². The molecule has 0 bridgehead atoms. The fraction of sp³-hybridized carbons (Fsp3) is 0.273. The quantitative estimate of drug-likeness (QED) is 0.688. The normalized spacial score (nSPS) is 12.1. The van der Waals surface area contributed by atoms with Crippen molar-refractivity contribution >= 4 is 11.9 Å². The van der Waals surface area contributed by atoms with Crippen LogP contribution in [0.2, 0.25) is 0 Å². The van der Waals surface area contributed by atoms with Crippen molar-refractivity contribution in [1.29, 1.82) is 0 Å². The molecule has 0 aliphatic rings. The fourth-order valence-electron chi connectivity index (χ4n) is 1.29. The van der Waals surface area contributed by atoms with Gasteiger partial charge in [-0.15, -0.1) is 0 Å². The predicted octanol–water partition coefficient (Wildman–Crippen LogP) is 2.37. The molecule has 1 amide bonds. The van der Waals surface area contributed by atoms with Crippen LogP contribution in [0.15, 0.2) is 18.2 Å². The van der Waals surface area contributed by atoms with Crippen molar-refractivity contribution in [2.24, 2.45) is 5.73 Å². The first-order valence-electron chi connectivity index (χ1n) is 5.16. The van der Waals surface area contributed by atoms with Crippen LogP contribution in [0.5, 0.6) is 0 Å². The second kappa shape index (κ2) is 5.62. The van der Waals surface area contributed by atoms with Gasteiger partial charge in [-0.2, -0.15) is 26.3 Å². The zero-order chi connectivity index (χ0) is 16.4. The molecule has 4 nitrogen and oxygen atoms in total. The van der Waals surface area contributed by atoms with Gasteiger partial charge in [0.15, 0.2) is 6.61 Å². The molecule has 0 aliphatic carbocycles. The average Bonchev–Trinajstić information content (AvgIpc) is 2.33. The van der Waals surface area contributed by atoms with Crippen LogP contribution in [0.3, 0.4) is 0 Å². The van der Waals surface area contributed by atoms with Gasteiger partial charge in [-0.3, -0.25) is 4.79 Å². The molecule has 2 N–H and O–H groups in total. The highest BCUT2D eigenvalue weighted by Gasteiger charge is 2.37. The molecule has 0 saturated heterocycles. The first-order chi connectivity index (χ1) is 9.41. The van der Waals surface area contributed by atoms with Crippen molar-refractivity contribution in [1.82, 2.24) is 0 Å². The van der Waals surface area contributed by atoms with Crippen LogP contribution in [0.4, 0.5) is 26.3 Å². The van der Waals surface area contributed by atoms with Gasteiger partial charge in [0.05, 0.1) is 16.7 Å². The third-order valence-electron chi connectivity index (χ3n) is 2.17. The summed E-state index contributed by atoms with van der Waals surface area (Å²) in [5.41, 5.74) is 0.326. The van der Waals surface area contributed by atoms with Crippen LogP contribution < -0.4 is 5.73 Å². The van der Waals surface area contributed by atoms with Gasteiger partial charge in [0, 0.05) is 0 Å². The van der Waals surface area contributed by atoms with Crippen LogP contribution >= 0.6 is 0 Å². The van der Waals surface area contributed by atoms with Crippen LogP contribution in [0.1, 0.15) is 21.5 Å². The number of hydrogen-bond acceptors (Lipinski definition) is 3. The maximum Gasteiger partial charge on any atom is 0.416 e. The number of hydrogen-bond donors (Lipinski definition) is 1. The standard InChI is InChI=1S/C11H7F6NO3/c12-10(13,14)6-1-5(9(20)21-4-8(18)19)2-7(3-6)11(15,16)17/h1-3H,4H2,(H2,18,19). The average molecular weight is 315 g/mol. The number of alkyl halides is 6. The van der Waals surface area contributed by atoms with Crippen LogP contribution in [-0.4, -0.2) is 18.5 Å². The van der Waals surface area contributed by atoms with Crippen molar-refractivity contribution in [3.63, 3.8) is 0 Å². The summed E-state index contributed by atoms with van der Waals surface area (Å²) in [6.07, 6.45) is -10.2. The molecule has 0 aromatic heterocycles. The topological polar surface area (TPSA) is 69.4 Å². The maximum atomic E-state index is 12.5. The Morgan fingerprint density at radius 1 is 0.952 bits per heavy atom. The van der Waals surface area contributed by atoms with Gasteiger partial charge in [-0.1, -0.05) is 0 Å². The molecule has 1 rings (SSSR count). The van der Waals surface area contributed by atoms with E-state index in [9.17, 15) is 35.9 Å². The van der Waals surface area contributed by atoms with E-state index in [0.29, 0.717) is 0 Å². The lowest BCUT2D eigenvalue weighted by Gasteiger charge is -2.13. The molecule has 0 spiro atoms. The van der Waals surface area contributed by atoms with E-state index in [4.69, 9.17) is 0 Å². The Morgan fingerprint density at radius 3 is 1.71 bits per heavy atom. The lowest BCUT2D eigenvalue weighted by molar-refractivity contribution is -0.143. The summed E-state index contributed by atoms with van der Waals surface area (Å²) in [5, 5.41) is 0. The lowest BCUT2D eigenvalue weighted by atomic mass is 10.0. The first-order valence-corrected chi connectivity index (χ1v) is 5.16. The number of ether oxygens (including phenoxy) is 1. The number of halogens is 6. The smallest absolute Gasteiger partial charge is 0.416 e. The van der Waals surface area contributed by atoms with E-state index in [1.165, 1.54) is 0 Å². The van der Waals surface area contributed by atoms with Gasteiger partial charge < -0.3 is 10.5 Å². The molecule has 116 valence electrons. The highest BCUT2D eigenvalue weighted by Crippen LogP contribution is 2.36. The molecule has 0 fully saturated rings. The van der Waals surface area contributed by atoms with Gasteiger partial charge in [-0.25, -0.2) is 4.79 Å². The lowest BCUT2D eigenvalue weighted by Crippen LogP contribution is -2.21. The maximum absolute atomic E-state index is 12.5. The summed E-state index contributed by atoms with van der Waals surface area (Å²) in [6, 6.07) is 0.252. The summed E-state index contributed by atoms with van der Waals surface area (Å²) >= 11 is 0. The molecular formula is C11H7F6NO3. The molecule has 0 saturated carbocycles. The SMILES string of the molecule is NC(=O)COC(=O)c1cc(C(F)(F)F)cc(C(F)(F)F)c1. The zero-order valence-electron chi connectivity index (χ0n) is 10.0. The Morgan fingerprint density at radius 2 is 1.38 bits per heavy atom. The van der Waals surface area contributed by atoms with Crippen molar-refractivity contribution in [3.8, 4) is 0 Å². The minimum atomic E-state index is -5.08. The minimum Gasteiger partial charge on any atom is -0.452 e. The van der Waals surface area contributed by atoms with Gasteiger partial charge in [0.1, 0.15) is 0 Å². The van der Waals surface area contributed by atoms with Crippen molar-refractivity contribution < 1.29 is 40.7 Å². The molecule has 10 heteroatoms. The summed E-state index contributed by atoms with van der Waals surface area (Å²) in [7, 11) is 0. The van der Waals surface area contributed by atoms with E-state index in [-0.39, 0.29) is 18.2 Å². The van der Waals surface area contributed by atoms with E-state index in [2.05, 4.69) is 10.5 Å². The number of rotatable bonds is 3. The molecule has 0 heterocycles. The van der Waals surface area contributed by atoms with E-state index >= 15 is 0 Å². The van der Waals surface area contributed by atoms with Gasteiger partial charge in [-0.05, 0) is 18.2 Å². The zero-order valence-corrected chi connectivity index (χ0v) is 10.0. The van der Waals surface area contributed by atoms with E-state index in [1.54, 1.807) is 0 Å². The van der Waals surface area contributed by atoms with Gasteiger partial charge in [0.25, 0.3) is 5.91 Å². The Bertz CT molecular complexity index is 532. The largest absolute Gasteiger partial charge is 0.452 e. The second-order valence-electron chi connectivity index (χ2n) is 3.84. The molecule has 0 radical (unpaired) electrons. The van der Waals surface area contributed by atoms with Crippen LogP contribution in [0.25, 0.3) is 0 Å². The monoisotopic (exact) mass is 315 g/mol. The summed E-state index contributed by atoms with van der Waals surface area (Å²) in [4.78, 5) is 21.7. The van der Waals surface area contributed by atoms with Gasteiger partial charge in [0.2, 0.25) is 0 Å². The van der Waals surface area contributed by atoms with E-state index in [0.717, 1.165) is 0 Å². The summed E-state index contributed by atoms with van der Waals surface area (Å²) in [5.74, 6) is -2.63. The first kappa shape index (κ1) is 16.8. The molecule has 0 aliphatic heterocycles. The van der Waals surface area contributed by atoms with Crippen LogP contribution in [-0.2, 0) is 21.9 Å². The summed E-state index contributed by atoms with van der Waals surface area (Å²) in [6.45, 7) is -0.962. The molecule has 21 heavy (non-hydrogen) atoms. The van der Waals surface area contributed by atoms with Crippen molar-refractivity contribution in [2.75, 3.05) is 6.61 Å². The highest BCUT2D eigenvalue weighted by molar-refractivity contribution is 5.91. The summed E-state index contributed by atoms with van der Waals surface area (Å²) < 4.78 is 79.3. The number of primary amides is 1. The number of nitrogens with two attached hydrogens (primary N) is 1. The molecule has 0 atom stereocenters. The van der Waals surface area contributed by atoms with E-state index in [1.807, 2.05) is 0 Å². The minimum absolute atomic E-state index is 0.134. The second-order valence-corrected chi connectivity index (χ2v) is 3.84. The molecule has 1 aromatic rings. The molecular weight excluding hydrogens is 308 g/mol. The highest BCUT2D eigenvalue weighted by atomic mass is 19.4. The Balaban J connectivity index is 3.26. The van der Waals surface area contributed by atoms with Gasteiger partial charge >= 0.3 is 18.3 Å². The molecule has 0 unspecified atom stereocenters. The van der Waals surface area contributed by atoms with Crippen LogP contribution in [0, 0.1) is 0 Å². The van der Waals surface area contributed by atoms with Crippen molar-refractivity contribution in [2.45, 2.75) is 12.4 Å². The number of carbonyl (C=O) groups excluding carboxylic acids is 2.